The van der Waals surface area contributed by atoms with Crippen molar-refractivity contribution >= 4 is 32.0 Å². The van der Waals surface area contributed by atoms with Gasteiger partial charge in [-0.2, -0.15) is 0 Å². The van der Waals surface area contributed by atoms with Gasteiger partial charge in [-0.05, 0) is 41.2 Å². The molecule has 1 atom stereocenters. The van der Waals surface area contributed by atoms with Crippen molar-refractivity contribution in [2.45, 2.75) is 56.2 Å². The van der Waals surface area contributed by atoms with Crippen molar-refractivity contribution in [2.75, 3.05) is 19.0 Å². The molecule has 234 valence electrons. The molecule has 44 heavy (non-hydrogen) atoms. The van der Waals surface area contributed by atoms with Gasteiger partial charge < -0.3 is 13.9 Å². The predicted octanol–water partition coefficient (Wildman–Crippen LogP) is 8.57. The number of benzene rings is 3. The lowest BCUT2D eigenvalue weighted by Crippen LogP contribution is -2.46. The second-order valence-corrected chi connectivity index (χ2v) is 18.2. The molecular weight excluding hydrogens is 585 g/mol. The van der Waals surface area contributed by atoms with Gasteiger partial charge in [-0.15, -0.1) is 11.8 Å². The Labute approximate surface area is 268 Å². The summed E-state index contributed by atoms with van der Waals surface area (Å²) < 4.78 is 17.2. The van der Waals surface area contributed by atoms with E-state index in [4.69, 9.17) is 13.9 Å². The molecule has 3 aromatic rings. The first kappa shape index (κ1) is 35.1. The third kappa shape index (κ3) is 8.84. The van der Waals surface area contributed by atoms with Gasteiger partial charge in [-0.25, -0.2) is 0 Å². The van der Waals surface area contributed by atoms with Crippen LogP contribution in [0.5, 0.6) is 0 Å². The third-order valence-corrected chi connectivity index (χ3v) is 14.3. The predicted molar refractivity (Wildman–Crippen MR) is 184 cm³/mol. The molecule has 0 heterocycles. The van der Waals surface area contributed by atoms with E-state index in [1.165, 1.54) is 12.2 Å². The first-order valence-electron chi connectivity index (χ1n) is 15.0. The van der Waals surface area contributed by atoms with Crippen molar-refractivity contribution in [1.29, 1.82) is 0 Å². The maximum atomic E-state index is 13.2. The number of esters is 2. The quantitative estimate of drug-likeness (QED) is 0.0520. The number of carbonyl (C=O) groups excluding carboxylic acids is 2. The van der Waals surface area contributed by atoms with Gasteiger partial charge in [0.25, 0.3) is 0 Å². The summed E-state index contributed by atoms with van der Waals surface area (Å²) in [4.78, 5) is 26.4. The summed E-state index contributed by atoms with van der Waals surface area (Å²) in [7, 11) is -2.34. The molecule has 0 N–H and O–H groups in total. The van der Waals surface area contributed by atoms with Crippen LogP contribution in [0.25, 0.3) is 0 Å². The number of hydrogen-bond donors (Lipinski definition) is 0. The van der Waals surface area contributed by atoms with Crippen LogP contribution < -0.4 is 0 Å². The molecule has 3 rings (SSSR count). The van der Waals surface area contributed by atoms with Gasteiger partial charge in [0.15, 0.2) is 14.2 Å². The number of carbonyl (C=O) groups is 2. The second kappa shape index (κ2) is 16.1. The third-order valence-electron chi connectivity index (χ3n) is 8.05. The van der Waals surface area contributed by atoms with Gasteiger partial charge in [-0.1, -0.05) is 137 Å². The zero-order valence-electron chi connectivity index (χ0n) is 26.7. The summed E-state index contributed by atoms with van der Waals surface area (Å²) in [6, 6.07) is 31.3. The standard InChI is InChI=1S/C37H46O5SSi/c1-8-25-40-34(38)33(35(39)41-26-9-2)27-32(42-44(6,7)36(3,4)5)28-43-37(29-19-13-10-14-20-29,30-21-15-11-16-22-30)31-23-17-12-18-24-31/h8-24,32-33H,1-2,25-28H2,3-7H3/t32-/m0/s1. The molecule has 0 amide bonds. The Morgan fingerprint density at radius 3 is 1.48 bits per heavy atom. The van der Waals surface area contributed by atoms with E-state index in [0.717, 1.165) is 16.7 Å². The summed E-state index contributed by atoms with van der Waals surface area (Å²) >= 11 is 1.75. The van der Waals surface area contributed by atoms with Crippen molar-refractivity contribution < 1.29 is 23.5 Å². The van der Waals surface area contributed by atoms with E-state index in [-0.39, 0.29) is 24.7 Å². The Kier molecular flexibility index (Phi) is 12.8. The molecule has 0 aliphatic carbocycles. The fourth-order valence-corrected chi connectivity index (χ4v) is 7.80. The highest BCUT2D eigenvalue weighted by Gasteiger charge is 2.43. The van der Waals surface area contributed by atoms with Crippen LogP contribution >= 0.6 is 11.8 Å². The maximum Gasteiger partial charge on any atom is 0.320 e. The molecule has 0 aromatic heterocycles. The van der Waals surface area contributed by atoms with Crippen LogP contribution in [0.2, 0.25) is 18.1 Å². The summed E-state index contributed by atoms with van der Waals surface area (Å²) in [5, 5.41) is -0.0898. The summed E-state index contributed by atoms with van der Waals surface area (Å²) in [5.74, 6) is -1.93. The SMILES string of the molecule is C=CCOC(=O)C(C[C@@H](CSC(c1ccccc1)(c1ccccc1)c1ccccc1)O[Si](C)(C)C(C)(C)C)C(=O)OCC=C. The topological polar surface area (TPSA) is 61.8 Å². The fraction of sp³-hybridized carbons (Fsp3) is 0.351. The molecule has 0 spiro atoms. The van der Waals surface area contributed by atoms with Gasteiger partial charge >= 0.3 is 11.9 Å². The van der Waals surface area contributed by atoms with E-state index in [1.54, 1.807) is 11.8 Å². The Hall–Kier alpha value is -3.39. The summed E-state index contributed by atoms with van der Waals surface area (Å²) in [6.07, 6.45) is 2.64. The van der Waals surface area contributed by atoms with E-state index in [1.807, 2.05) is 18.2 Å². The minimum absolute atomic E-state index is 0.00567. The molecular formula is C37H46O5SSi. The number of hydrogen-bond acceptors (Lipinski definition) is 6. The summed E-state index contributed by atoms with van der Waals surface area (Å²) in [5.41, 5.74) is 3.38. The van der Waals surface area contributed by atoms with Crippen LogP contribution in [0, 0.1) is 5.92 Å². The average molecular weight is 631 g/mol. The molecule has 0 fully saturated rings. The zero-order valence-corrected chi connectivity index (χ0v) is 28.5. The largest absolute Gasteiger partial charge is 0.461 e. The van der Waals surface area contributed by atoms with Crippen molar-refractivity contribution in [1.82, 2.24) is 0 Å². The molecule has 3 aromatic carbocycles. The van der Waals surface area contributed by atoms with E-state index >= 15 is 0 Å². The molecule has 0 unspecified atom stereocenters. The monoisotopic (exact) mass is 630 g/mol. The van der Waals surface area contributed by atoms with Crippen LogP contribution in [0.3, 0.4) is 0 Å². The van der Waals surface area contributed by atoms with E-state index < -0.39 is 37.0 Å². The van der Waals surface area contributed by atoms with Crippen molar-refractivity contribution in [3.8, 4) is 0 Å². The van der Waals surface area contributed by atoms with Gasteiger partial charge in [0.1, 0.15) is 13.2 Å². The number of rotatable bonds is 16. The van der Waals surface area contributed by atoms with Gasteiger partial charge in [-0.3, -0.25) is 9.59 Å². The smallest absolute Gasteiger partial charge is 0.320 e. The van der Waals surface area contributed by atoms with Crippen LogP contribution in [-0.4, -0.2) is 45.3 Å². The molecule has 0 saturated heterocycles. The Morgan fingerprint density at radius 1 is 0.750 bits per heavy atom. The fourth-order valence-electron chi connectivity index (χ4n) is 4.77. The number of ether oxygens (including phenoxy) is 2. The highest BCUT2D eigenvalue weighted by atomic mass is 32.2. The van der Waals surface area contributed by atoms with Gasteiger partial charge in [0.05, 0.1) is 10.9 Å². The van der Waals surface area contributed by atoms with E-state index in [0.29, 0.717) is 5.75 Å². The van der Waals surface area contributed by atoms with Crippen LogP contribution in [0.15, 0.2) is 116 Å². The minimum Gasteiger partial charge on any atom is -0.461 e. The minimum atomic E-state index is -2.34. The lowest BCUT2D eigenvalue weighted by molar-refractivity contribution is -0.162. The zero-order chi connectivity index (χ0) is 32.2. The Morgan fingerprint density at radius 2 is 1.14 bits per heavy atom. The highest BCUT2D eigenvalue weighted by Crippen LogP contribution is 2.49. The van der Waals surface area contributed by atoms with E-state index in [9.17, 15) is 9.59 Å². The number of thioether (sulfide) groups is 1. The maximum absolute atomic E-state index is 13.2. The first-order valence-corrected chi connectivity index (χ1v) is 18.9. The highest BCUT2D eigenvalue weighted by molar-refractivity contribution is 8.00. The molecule has 0 aliphatic heterocycles. The van der Waals surface area contributed by atoms with E-state index in [2.05, 4.69) is 120 Å². The Balaban J connectivity index is 2.12. The van der Waals surface area contributed by atoms with Crippen molar-refractivity contribution in [3.63, 3.8) is 0 Å². The average Bonchev–Trinajstić information content (AvgIpc) is 3.02. The molecule has 0 saturated carbocycles. The molecule has 7 heteroatoms. The van der Waals surface area contributed by atoms with Crippen LogP contribution in [-0.2, 0) is 28.2 Å². The lowest BCUT2D eigenvalue weighted by atomic mass is 9.84. The van der Waals surface area contributed by atoms with Crippen LogP contribution in [0.1, 0.15) is 43.9 Å². The first-order chi connectivity index (χ1) is 21.0. The van der Waals surface area contributed by atoms with Gasteiger partial charge in [0.2, 0.25) is 0 Å². The Bertz CT molecular complexity index is 1230. The molecule has 0 radical (unpaired) electrons. The second-order valence-electron chi connectivity index (χ2n) is 12.2. The van der Waals surface area contributed by atoms with Crippen LogP contribution in [0.4, 0.5) is 0 Å². The summed E-state index contributed by atoms with van der Waals surface area (Å²) in [6.45, 7) is 18.2. The van der Waals surface area contributed by atoms with Crippen molar-refractivity contribution in [2.24, 2.45) is 5.92 Å². The normalized spacial score (nSPS) is 12.8. The molecule has 5 nitrogen and oxygen atoms in total. The molecule has 0 aliphatic rings. The van der Waals surface area contributed by atoms with Crippen molar-refractivity contribution in [3.05, 3.63) is 133 Å². The lowest BCUT2D eigenvalue weighted by Gasteiger charge is -2.41. The van der Waals surface area contributed by atoms with Gasteiger partial charge in [0, 0.05) is 5.75 Å². The molecule has 0 bridgehead atoms.